The van der Waals surface area contributed by atoms with Gasteiger partial charge in [0.05, 0.1) is 23.1 Å². The fourth-order valence-electron chi connectivity index (χ4n) is 5.43. The van der Waals surface area contributed by atoms with E-state index in [9.17, 15) is 22.6 Å². The molecule has 6 rings (SSSR count). The van der Waals surface area contributed by atoms with Gasteiger partial charge < -0.3 is 19.4 Å². The highest BCUT2D eigenvalue weighted by atomic mass is 35.5. The summed E-state index contributed by atoms with van der Waals surface area (Å²) in [5, 5.41) is 13.8. The van der Waals surface area contributed by atoms with Crippen LogP contribution in [0.3, 0.4) is 0 Å². The highest BCUT2D eigenvalue weighted by Gasteiger charge is 2.37. The van der Waals surface area contributed by atoms with Crippen molar-refractivity contribution in [3.8, 4) is 11.3 Å². The first-order chi connectivity index (χ1) is 19.6. The quantitative estimate of drug-likeness (QED) is 0.231. The number of hydrogen-bond acceptors (Lipinski definition) is 6. The molecule has 1 amide bonds. The number of furan rings is 1. The molecular formula is C29H27BClFN2O6S. The van der Waals surface area contributed by atoms with E-state index in [0.29, 0.717) is 44.7 Å². The van der Waals surface area contributed by atoms with Crippen LogP contribution in [-0.4, -0.2) is 39.3 Å². The normalized spacial score (nSPS) is 16.7. The van der Waals surface area contributed by atoms with E-state index in [0.717, 1.165) is 24.0 Å². The van der Waals surface area contributed by atoms with Crippen molar-refractivity contribution < 1.29 is 31.7 Å². The van der Waals surface area contributed by atoms with Crippen LogP contribution in [0.25, 0.3) is 22.3 Å². The number of carbonyl (C=O) groups is 1. The van der Waals surface area contributed by atoms with Gasteiger partial charge in [-0.15, -0.1) is 0 Å². The number of halogens is 2. The predicted octanol–water partition coefficient (Wildman–Crippen LogP) is 5.11. The molecule has 1 aromatic heterocycles. The summed E-state index contributed by atoms with van der Waals surface area (Å²) in [6.07, 6.45) is 2.02. The fourth-order valence-corrected chi connectivity index (χ4v) is 6.86. The highest BCUT2D eigenvalue weighted by Crippen LogP contribution is 2.47. The van der Waals surface area contributed by atoms with Crippen molar-refractivity contribution >= 4 is 56.8 Å². The molecule has 2 aliphatic rings. The summed E-state index contributed by atoms with van der Waals surface area (Å²) in [6, 6.07) is 14.4. The molecule has 212 valence electrons. The largest absolute Gasteiger partial charge is 0.493 e. The SMILES string of the molecule is CNC(=O)c1c(-c2ccc(F)cc2)oc2cc(NS(=O)(=O)CCCC3OB(O)c4c(Cl)cccc43)c(C3CC3)cc12. The van der Waals surface area contributed by atoms with Crippen LogP contribution in [0.5, 0.6) is 0 Å². The molecule has 3 aromatic carbocycles. The Morgan fingerprint density at radius 3 is 2.61 bits per heavy atom. The second kappa shape index (κ2) is 10.8. The molecule has 12 heteroatoms. The Hall–Kier alpha value is -3.38. The minimum absolute atomic E-state index is 0.161. The molecule has 3 N–H and O–H groups in total. The lowest BCUT2D eigenvalue weighted by Gasteiger charge is -2.15. The number of sulfonamides is 1. The average Bonchev–Trinajstić information content (AvgIpc) is 3.64. The average molecular weight is 597 g/mol. The number of amides is 1. The fraction of sp³-hybridized carbons (Fsp3) is 0.276. The zero-order chi connectivity index (χ0) is 28.9. The van der Waals surface area contributed by atoms with E-state index in [1.54, 1.807) is 18.2 Å². The molecule has 41 heavy (non-hydrogen) atoms. The van der Waals surface area contributed by atoms with Crippen molar-refractivity contribution in [3.63, 3.8) is 0 Å². The lowest BCUT2D eigenvalue weighted by Crippen LogP contribution is -2.28. The van der Waals surface area contributed by atoms with Crippen LogP contribution in [-0.2, 0) is 14.7 Å². The minimum atomic E-state index is -3.76. The van der Waals surface area contributed by atoms with E-state index in [4.69, 9.17) is 20.7 Å². The van der Waals surface area contributed by atoms with Crippen LogP contribution < -0.4 is 15.5 Å². The molecule has 0 saturated heterocycles. The monoisotopic (exact) mass is 596 g/mol. The number of nitrogens with one attached hydrogen (secondary N) is 2. The van der Waals surface area contributed by atoms with Crippen molar-refractivity contribution in [2.24, 2.45) is 0 Å². The zero-order valence-electron chi connectivity index (χ0n) is 22.1. The number of carbonyl (C=O) groups excluding carboxylic acids is 1. The summed E-state index contributed by atoms with van der Waals surface area (Å²) < 4.78 is 54.4. The van der Waals surface area contributed by atoms with Crippen molar-refractivity contribution in [1.82, 2.24) is 5.32 Å². The maximum atomic E-state index is 13.6. The van der Waals surface area contributed by atoms with Crippen LogP contribution in [0, 0.1) is 5.82 Å². The molecule has 8 nitrogen and oxygen atoms in total. The molecule has 1 atom stereocenters. The van der Waals surface area contributed by atoms with Crippen LogP contribution in [0.2, 0.25) is 5.02 Å². The zero-order valence-corrected chi connectivity index (χ0v) is 23.7. The Kier molecular flexibility index (Phi) is 7.31. The Balaban J connectivity index is 1.27. The van der Waals surface area contributed by atoms with E-state index < -0.39 is 29.1 Å². The lowest BCUT2D eigenvalue weighted by atomic mass is 9.79. The summed E-state index contributed by atoms with van der Waals surface area (Å²) in [5.74, 6) is -0.500. The molecule has 1 aliphatic carbocycles. The van der Waals surface area contributed by atoms with E-state index >= 15 is 0 Å². The molecule has 1 fully saturated rings. The number of anilines is 1. The van der Waals surface area contributed by atoms with Gasteiger partial charge in [-0.3, -0.25) is 9.52 Å². The van der Waals surface area contributed by atoms with Gasteiger partial charge in [0.25, 0.3) is 5.91 Å². The summed E-state index contributed by atoms with van der Waals surface area (Å²) in [7, 11) is -3.38. The van der Waals surface area contributed by atoms with Crippen molar-refractivity contribution in [1.29, 1.82) is 0 Å². The molecule has 1 saturated carbocycles. The molecule has 4 aromatic rings. The standard InChI is InChI=1S/C29H27BClFN2O6S/c1-33-29(35)26-21-14-20(16-7-8-16)23(15-25(21)39-28(26)17-9-11-18(32)12-10-17)34-41(37,38)13-3-6-24-19-4-2-5-22(31)27(19)30(36)40-24/h2,4-5,9-12,14-16,24,34,36H,3,6-8,13H2,1H3,(H,33,35). The lowest BCUT2D eigenvalue weighted by molar-refractivity contribution is 0.0964. The molecule has 2 heterocycles. The van der Waals surface area contributed by atoms with Crippen molar-refractivity contribution in [2.75, 3.05) is 17.5 Å². The third-order valence-corrected chi connectivity index (χ3v) is 9.24. The van der Waals surface area contributed by atoms with Gasteiger partial charge in [0.2, 0.25) is 10.0 Å². The molecule has 1 aliphatic heterocycles. The molecular weight excluding hydrogens is 570 g/mol. The summed E-state index contributed by atoms with van der Waals surface area (Å²) in [4.78, 5) is 12.9. The third-order valence-electron chi connectivity index (χ3n) is 7.56. The van der Waals surface area contributed by atoms with Crippen LogP contribution in [0.1, 0.15) is 59.2 Å². The first-order valence-corrected chi connectivity index (χ1v) is 15.4. The summed E-state index contributed by atoms with van der Waals surface area (Å²) in [5.41, 5.74) is 3.67. The van der Waals surface area contributed by atoms with Gasteiger partial charge in [-0.25, -0.2) is 12.8 Å². The number of hydrogen-bond donors (Lipinski definition) is 3. The Morgan fingerprint density at radius 1 is 1.15 bits per heavy atom. The molecule has 1 unspecified atom stereocenters. The van der Waals surface area contributed by atoms with Crippen molar-refractivity contribution in [2.45, 2.75) is 37.7 Å². The molecule has 0 bridgehead atoms. The third kappa shape index (κ3) is 5.47. The Morgan fingerprint density at radius 2 is 1.90 bits per heavy atom. The highest BCUT2D eigenvalue weighted by molar-refractivity contribution is 7.92. The van der Waals surface area contributed by atoms with E-state index in [1.807, 2.05) is 12.1 Å². The summed E-state index contributed by atoms with van der Waals surface area (Å²) in [6.45, 7) is 0. The summed E-state index contributed by atoms with van der Waals surface area (Å²) >= 11 is 6.20. The van der Waals surface area contributed by atoms with Gasteiger partial charge in [0.1, 0.15) is 17.2 Å². The van der Waals surface area contributed by atoms with Gasteiger partial charge in [-0.05, 0) is 79.1 Å². The topological polar surface area (TPSA) is 118 Å². The molecule has 0 radical (unpaired) electrons. The number of rotatable bonds is 9. The van der Waals surface area contributed by atoms with E-state index in [2.05, 4.69) is 10.0 Å². The molecule has 0 spiro atoms. The van der Waals surface area contributed by atoms with E-state index in [-0.39, 0.29) is 29.8 Å². The van der Waals surface area contributed by atoms with E-state index in [1.165, 1.54) is 31.3 Å². The van der Waals surface area contributed by atoms with Gasteiger partial charge in [0, 0.05) is 34.5 Å². The van der Waals surface area contributed by atoms with Crippen LogP contribution >= 0.6 is 11.6 Å². The minimum Gasteiger partial charge on any atom is -0.455 e. The maximum absolute atomic E-state index is 13.6. The number of fused-ring (bicyclic) bond motifs is 2. The Bertz CT molecular complexity index is 1760. The first kappa shape index (κ1) is 27.8. The maximum Gasteiger partial charge on any atom is 0.493 e. The van der Waals surface area contributed by atoms with Gasteiger partial charge in [-0.1, -0.05) is 23.7 Å². The second-order valence-corrected chi connectivity index (χ2v) is 12.6. The van der Waals surface area contributed by atoms with Gasteiger partial charge in [0.15, 0.2) is 0 Å². The van der Waals surface area contributed by atoms with Crippen molar-refractivity contribution in [3.05, 3.63) is 82.1 Å². The first-order valence-electron chi connectivity index (χ1n) is 13.4. The second-order valence-electron chi connectivity index (χ2n) is 10.4. The van der Waals surface area contributed by atoms with Gasteiger partial charge >= 0.3 is 7.12 Å². The number of benzene rings is 3. The van der Waals surface area contributed by atoms with Crippen LogP contribution in [0.15, 0.2) is 59.0 Å². The smallest absolute Gasteiger partial charge is 0.455 e. The van der Waals surface area contributed by atoms with Gasteiger partial charge in [-0.2, -0.15) is 0 Å². The van der Waals surface area contributed by atoms with Crippen LogP contribution in [0.4, 0.5) is 10.1 Å². The Labute approximate surface area is 242 Å². The predicted molar refractivity (Wildman–Crippen MR) is 157 cm³/mol.